The molecule has 2 unspecified atom stereocenters. The summed E-state index contributed by atoms with van der Waals surface area (Å²) in [6.07, 6.45) is 0. The van der Waals surface area contributed by atoms with Crippen LogP contribution < -0.4 is 0 Å². The highest BCUT2D eigenvalue weighted by atomic mass is 32.2. The standard InChI is InChI=1S/C13H13NO4S/c1-2-18-13(15)10(7-14)11-8-19(16,17)12-6-4-3-5-9(11)12/h3-6,10-11H,2,8H2,1H3. The topological polar surface area (TPSA) is 84.2 Å². The zero-order valence-corrected chi connectivity index (χ0v) is 11.2. The third kappa shape index (κ3) is 2.34. The molecule has 0 aromatic heterocycles. The van der Waals surface area contributed by atoms with E-state index in [4.69, 9.17) is 10.00 Å². The number of carbonyl (C=O) groups is 1. The van der Waals surface area contributed by atoms with Gasteiger partial charge in [0.25, 0.3) is 0 Å². The quantitative estimate of drug-likeness (QED) is 0.778. The first-order valence-corrected chi connectivity index (χ1v) is 7.54. The van der Waals surface area contributed by atoms with Crippen LogP contribution in [-0.2, 0) is 19.4 Å². The molecule has 0 amide bonds. The molecule has 2 rings (SSSR count). The molecule has 19 heavy (non-hydrogen) atoms. The minimum absolute atomic E-state index is 0.165. The lowest BCUT2D eigenvalue weighted by Crippen LogP contribution is -2.24. The van der Waals surface area contributed by atoms with Crippen LogP contribution in [0.5, 0.6) is 0 Å². The second kappa shape index (κ2) is 5.02. The molecule has 100 valence electrons. The van der Waals surface area contributed by atoms with E-state index in [-0.39, 0.29) is 17.3 Å². The van der Waals surface area contributed by atoms with Crippen LogP contribution in [0.3, 0.4) is 0 Å². The minimum atomic E-state index is -3.42. The van der Waals surface area contributed by atoms with Crippen LogP contribution in [0.4, 0.5) is 0 Å². The average Bonchev–Trinajstić information content (AvgIpc) is 2.64. The van der Waals surface area contributed by atoms with Crippen molar-refractivity contribution in [3.05, 3.63) is 29.8 Å². The number of hydrogen-bond acceptors (Lipinski definition) is 5. The van der Waals surface area contributed by atoms with Gasteiger partial charge in [-0.3, -0.25) is 4.79 Å². The summed E-state index contributed by atoms with van der Waals surface area (Å²) in [4.78, 5) is 12.0. The molecule has 0 saturated carbocycles. The van der Waals surface area contributed by atoms with Gasteiger partial charge in [-0.05, 0) is 18.6 Å². The van der Waals surface area contributed by atoms with Gasteiger partial charge in [-0.1, -0.05) is 18.2 Å². The molecule has 1 aromatic carbocycles. The maximum atomic E-state index is 12.0. The summed E-state index contributed by atoms with van der Waals surface area (Å²) >= 11 is 0. The van der Waals surface area contributed by atoms with Gasteiger partial charge in [-0.15, -0.1) is 0 Å². The molecular formula is C13H13NO4S. The second-order valence-electron chi connectivity index (χ2n) is 4.28. The predicted molar refractivity (Wildman–Crippen MR) is 67.0 cm³/mol. The Morgan fingerprint density at radius 2 is 2.21 bits per heavy atom. The number of rotatable bonds is 3. The van der Waals surface area contributed by atoms with E-state index in [1.54, 1.807) is 25.1 Å². The first kappa shape index (κ1) is 13.6. The number of nitrogens with zero attached hydrogens (tertiary/aromatic N) is 1. The number of benzene rings is 1. The van der Waals surface area contributed by atoms with Gasteiger partial charge in [0.05, 0.1) is 23.3 Å². The normalized spacial score (nSPS) is 21.2. The maximum Gasteiger partial charge on any atom is 0.323 e. The van der Waals surface area contributed by atoms with Gasteiger partial charge < -0.3 is 4.74 Å². The lowest BCUT2D eigenvalue weighted by molar-refractivity contribution is -0.146. The van der Waals surface area contributed by atoms with Crippen molar-refractivity contribution in [1.82, 2.24) is 0 Å². The van der Waals surface area contributed by atoms with E-state index in [0.29, 0.717) is 5.56 Å². The minimum Gasteiger partial charge on any atom is -0.465 e. The predicted octanol–water partition coefficient (Wildman–Crippen LogP) is 1.26. The Hall–Kier alpha value is -1.87. The molecule has 1 aliphatic heterocycles. The Morgan fingerprint density at radius 3 is 2.84 bits per heavy atom. The van der Waals surface area contributed by atoms with Crippen LogP contribution in [0.25, 0.3) is 0 Å². The largest absolute Gasteiger partial charge is 0.465 e. The van der Waals surface area contributed by atoms with Crippen molar-refractivity contribution in [2.24, 2.45) is 5.92 Å². The molecule has 0 bridgehead atoms. The summed E-state index contributed by atoms with van der Waals surface area (Å²) in [5.41, 5.74) is 0.530. The number of carbonyl (C=O) groups excluding carboxylic acids is 1. The van der Waals surface area contributed by atoms with E-state index >= 15 is 0 Å². The van der Waals surface area contributed by atoms with Gasteiger partial charge in [0.2, 0.25) is 0 Å². The van der Waals surface area contributed by atoms with Gasteiger partial charge in [-0.2, -0.15) is 5.26 Å². The zero-order valence-electron chi connectivity index (χ0n) is 10.4. The number of esters is 1. The molecule has 0 spiro atoms. The van der Waals surface area contributed by atoms with E-state index < -0.39 is 27.6 Å². The zero-order chi connectivity index (χ0) is 14.0. The summed E-state index contributed by atoms with van der Waals surface area (Å²) in [5.74, 6) is -2.62. The molecule has 0 radical (unpaired) electrons. The van der Waals surface area contributed by atoms with Crippen molar-refractivity contribution >= 4 is 15.8 Å². The fourth-order valence-electron chi connectivity index (χ4n) is 2.30. The van der Waals surface area contributed by atoms with Crippen molar-refractivity contribution in [2.75, 3.05) is 12.4 Å². The smallest absolute Gasteiger partial charge is 0.323 e. The van der Waals surface area contributed by atoms with Crippen LogP contribution in [0, 0.1) is 17.2 Å². The lowest BCUT2D eigenvalue weighted by atomic mass is 9.89. The molecule has 1 aliphatic rings. The fourth-order valence-corrected chi connectivity index (χ4v) is 4.19. The van der Waals surface area contributed by atoms with Crippen molar-refractivity contribution in [2.45, 2.75) is 17.7 Å². The number of nitriles is 1. The summed E-state index contributed by atoms with van der Waals surface area (Å²) in [6.45, 7) is 1.81. The number of ether oxygens (including phenoxy) is 1. The molecule has 1 heterocycles. The van der Waals surface area contributed by atoms with Crippen molar-refractivity contribution in [1.29, 1.82) is 5.26 Å². The Kier molecular flexibility index (Phi) is 3.58. The molecule has 0 fully saturated rings. The molecule has 0 N–H and O–H groups in total. The lowest BCUT2D eigenvalue weighted by Gasteiger charge is -2.15. The summed E-state index contributed by atoms with van der Waals surface area (Å²) < 4.78 is 28.8. The highest BCUT2D eigenvalue weighted by Gasteiger charge is 2.42. The van der Waals surface area contributed by atoms with Crippen LogP contribution in [0.2, 0.25) is 0 Å². The average molecular weight is 279 g/mol. The molecule has 0 aliphatic carbocycles. The Bertz CT molecular complexity index is 645. The SMILES string of the molecule is CCOC(=O)C(C#N)C1CS(=O)(=O)c2ccccc21. The van der Waals surface area contributed by atoms with E-state index in [9.17, 15) is 13.2 Å². The Balaban J connectivity index is 2.43. The van der Waals surface area contributed by atoms with Crippen LogP contribution in [-0.4, -0.2) is 26.7 Å². The number of fused-ring (bicyclic) bond motifs is 1. The van der Waals surface area contributed by atoms with Gasteiger partial charge in [0, 0.05) is 5.92 Å². The van der Waals surface area contributed by atoms with Crippen molar-refractivity contribution in [3.8, 4) is 6.07 Å². The van der Waals surface area contributed by atoms with Gasteiger partial charge in [-0.25, -0.2) is 8.42 Å². The van der Waals surface area contributed by atoms with Crippen molar-refractivity contribution in [3.63, 3.8) is 0 Å². The van der Waals surface area contributed by atoms with Crippen LogP contribution in [0.1, 0.15) is 18.4 Å². The van der Waals surface area contributed by atoms with Gasteiger partial charge in [0.15, 0.2) is 15.8 Å². The van der Waals surface area contributed by atoms with Gasteiger partial charge in [0.1, 0.15) is 0 Å². The molecule has 6 heteroatoms. The van der Waals surface area contributed by atoms with E-state index in [1.165, 1.54) is 6.07 Å². The molecular weight excluding hydrogens is 266 g/mol. The maximum absolute atomic E-state index is 12.0. The summed E-state index contributed by atoms with van der Waals surface area (Å²) in [6, 6.07) is 8.35. The summed E-state index contributed by atoms with van der Waals surface area (Å²) in [5, 5.41) is 9.13. The molecule has 5 nitrogen and oxygen atoms in total. The molecule has 2 atom stereocenters. The Labute approximate surface area is 111 Å². The van der Waals surface area contributed by atoms with Crippen LogP contribution in [0.15, 0.2) is 29.2 Å². The first-order chi connectivity index (χ1) is 9.01. The highest BCUT2D eigenvalue weighted by molar-refractivity contribution is 7.91. The van der Waals surface area contributed by atoms with E-state index in [1.807, 2.05) is 6.07 Å². The van der Waals surface area contributed by atoms with Crippen molar-refractivity contribution < 1.29 is 17.9 Å². The van der Waals surface area contributed by atoms with Gasteiger partial charge >= 0.3 is 5.97 Å². The van der Waals surface area contributed by atoms with E-state index in [0.717, 1.165) is 0 Å². The number of sulfone groups is 1. The van der Waals surface area contributed by atoms with E-state index in [2.05, 4.69) is 0 Å². The fraction of sp³-hybridized carbons (Fsp3) is 0.385. The third-order valence-electron chi connectivity index (χ3n) is 3.13. The third-order valence-corrected chi connectivity index (χ3v) is 4.97. The Morgan fingerprint density at radius 1 is 1.53 bits per heavy atom. The second-order valence-corrected chi connectivity index (χ2v) is 6.29. The molecule has 1 aromatic rings. The monoisotopic (exact) mass is 279 g/mol. The van der Waals surface area contributed by atoms with Crippen LogP contribution >= 0.6 is 0 Å². The summed E-state index contributed by atoms with van der Waals surface area (Å²) in [7, 11) is -3.42. The first-order valence-electron chi connectivity index (χ1n) is 5.89. The molecule has 0 saturated heterocycles. The highest BCUT2D eigenvalue weighted by Crippen LogP contribution is 2.39. The number of hydrogen-bond donors (Lipinski definition) is 0.